The van der Waals surface area contributed by atoms with Crippen LogP contribution in [0.25, 0.3) is 11.9 Å². The van der Waals surface area contributed by atoms with Crippen LogP contribution in [0.15, 0.2) is 43.4 Å². The largest absolute Gasteiger partial charge is 0.472 e. The maximum Gasteiger partial charge on any atom is 0.258 e. The van der Waals surface area contributed by atoms with E-state index in [0.717, 1.165) is 12.8 Å². The fraction of sp³-hybridized carbons (Fsp3) is 0.304. The van der Waals surface area contributed by atoms with Crippen molar-refractivity contribution in [2.45, 2.75) is 38.8 Å². The number of pyridine rings is 2. The van der Waals surface area contributed by atoms with Crippen molar-refractivity contribution in [1.82, 2.24) is 29.9 Å². The zero-order valence-electron chi connectivity index (χ0n) is 18.0. The van der Waals surface area contributed by atoms with E-state index in [1.807, 2.05) is 13.8 Å². The fourth-order valence-electron chi connectivity index (χ4n) is 3.74. The van der Waals surface area contributed by atoms with Gasteiger partial charge in [0.1, 0.15) is 6.10 Å². The van der Waals surface area contributed by atoms with Gasteiger partial charge in [0.15, 0.2) is 5.82 Å². The molecule has 4 heterocycles. The average Bonchev–Trinajstić information content (AvgIpc) is 3.35. The van der Waals surface area contributed by atoms with Gasteiger partial charge in [-0.25, -0.2) is 9.97 Å². The molecule has 0 spiro atoms. The average molecular weight is 429 g/mol. The molecule has 1 fully saturated rings. The van der Waals surface area contributed by atoms with Crippen LogP contribution in [0, 0.1) is 18.3 Å². The van der Waals surface area contributed by atoms with E-state index in [1.165, 1.54) is 17.2 Å². The van der Waals surface area contributed by atoms with Crippen molar-refractivity contribution >= 4 is 12.0 Å². The second kappa shape index (κ2) is 8.98. The second-order valence-corrected chi connectivity index (χ2v) is 7.65. The van der Waals surface area contributed by atoms with Gasteiger partial charge in [-0.2, -0.15) is 15.5 Å². The van der Waals surface area contributed by atoms with E-state index in [9.17, 15) is 10.1 Å². The van der Waals surface area contributed by atoms with Gasteiger partial charge in [0.2, 0.25) is 5.88 Å². The van der Waals surface area contributed by atoms with Gasteiger partial charge < -0.3 is 9.64 Å². The van der Waals surface area contributed by atoms with Crippen LogP contribution < -0.4 is 4.74 Å². The monoisotopic (exact) mass is 429 g/mol. The summed E-state index contributed by atoms with van der Waals surface area (Å²) in [6.45, 7) is 7.97. The van der Waals surface area contributed by atoms with Gasteiger partial charge in [-0.1, -0.05) is 6.58 Å². The van der Waals surface area contributed by atoms with E-state index in [0.29, 0.717) is 40.6 Å². The van der Waals surface area contributed by atoms with E-state index in [-0.39, 0.29) is 18.1 Å². The highest BCUT2D eigenvalue weighted by molar-refractivity contribution is 5.97. The molecule has 162 valence electrons. The first-order valence-corrected chi connectivity index (χ1v) is 10.3. The van der Waals surface area contributed by atoms with Gasteiger partial charge in [0.25, 0.3) is 5.91 Å². The van der Waals surface area contributed by atoms with Crippen molar-refractivity contribution in [1.29, 1.82) is 5.26 Å². The van der Waals surface area contributed by atoms with Gasteiger partial charge in [-0.15, -0.1) is 4.80 Å². The molecule has 4 rings (SSSR count). The molecule has 0 radical (unpaired) electrons. The summed E-state index contributed by atoms with van der Waals surface area (Å²) in [4.78, 5) is 25.5. The van der Waals surface area contributed by atoms with Crippen LogP contribution >= 0.6 is 0 Å². The number of carbonyl (C=O) groups excluding carboxylic acids is 1. The molecule has 0 saturated carbocycles. The van der Waals surface area contributed by atoms with Crippen molar-refractivity contribution in [3.63, 3.8) is 0 Å². The van der Waals surface area contributed by atoms with Gasteiger partial charge in [0.05, 0.1) is 41.8 Å². The van der Waals surface area contributed by atoms with Crippen LogP contribution in [-0.4, -0.2) is 54.5 Å². The topological polar surface area (TPSA) is 110 Å². The van der Waals surface area contributed by atoms with E-state index >= 15 is 0 Å². The van der Waals surface area contributed by atoms with E-state index < -0.39 is 0 Å². The molecule has 0 aliphatic carbocycles. The van der Waals surface area contributed by atoms with Crippen molar-refractivity contribution in [3.8, 4) is 17.8 Å². The summed E-state index contributed by atoms with van der Waals surface area (Å²) in [6.07, 6.45) is 7.57. The summed E-state index contributed by atoms with van der Waals surface area (Å²) in [7, 11) is 0. The first kappa shape index (κ1) is 21.2. The summed E-state index contributed by atoms with van der Waals surface area (Å²) < 4.78 is 6.12. The van der Waals surface area contributed by atoms with Crippen molar-refractivity contribution in [3.05, 3.63) is 65.8 Å². The van der Waals surface area contributed by atoms with Crippen LogP contribution in [0.3, 0.4) is 0 Å². The number of aromatic nitrogens is 5. The molecule has 0 N–H and O–H groups in total. The molecule has 32 heavy (non-hydrogen) atoms. The minimum atomic E-state index is -0.234. The van der Waals surface area contributed by atoms with Crippen LogP contribution in [0.2, 0.25) is 0 Å². The number of amides is 1. The highest BCUT2D eigenvalue weighted by Gasteiger charge is 2.33. The SMILES string of the molecule is C=Cc1ccc(C(=O)N2CC(Oc3nccc(C#N)c3C)CCC2C)c(-n2nccn2)n1. The Morgan fingerprint density at radius 3 is 2.75 bits per heavy atom. The lowest BCUT2D eigenvalue weighted by Gasteiger charge is -2.38. The molecule has 9 heteroatoms. The number of likely N-dealkylation sites (tertiary alicyclic amines) is 1. The number of carbonyl (C=O) groups is 1. The molecular formula is C23H23N7O2. The van der Waals surface area contributed by atoms with Crippen LogP contribution in [0.4, 0.5) is 0 Å². The number of hydrogen-bond donors (Lipinski definition) is 0. The Morgan fingerprint density at radius 2 is 2.03 bits per heavy atom. The maximum atomic E-state index is 13.6. The number of piperidine rings is 1. The third-order valence-corrected chi connectivity index (χ3v) is 5.60. The summed E-state index contributed by atoms with van der Waals surface area (Å²) in [5.41, 5.74) is 2.25. The summed E-state index contributed by atoms with van der Waals surface area (Å²) in [5, 5.41) is 17.5. The van der Waals surface area contributed by atoms with Gasteiger partial charge >= 0.3 is 0 Å². The highest BCUT2D eigenvalue weighted by atomic mass is 16.5. The molecule has 1 saturated heterocycles. The zero-order valence-corrected chi connectivity index (χ0v) is 18.0. The van der Waals surface area contributed by atoms with E-state index in [1.54, 1.807) is 35.4 Å². The Balaban J connectivity index is 1.60. The van der Waals surface area contributed by atoms with Crippen LogP contribution in [-0.2, 0) is 0 Å². The number of ether oxygens (including phenoxy) is 1. The molecule has 1 aliphatic heterocycles. The highest BCUT2D eigenvalue weighted by Crippen LogP contribution is 2.26. The summed E-state index contributed by atoms with van der Waals surface area (Å²) >= 11 is 0. The number of hydrogen-bond acceptors (Lipinski definition) is 7. The standard InChI is InChI=1S/C23H23N7O2/c1-4-18-6-8-20(21(28-18)30-26-11-12-27-30)23(31)29-14-19(7-5-15(29)2)32-22-16(3)17(13-24)9-10-25-22/h4,6,8-12,15,19H,1,5,7,14H2,2-3H3. The Hall–Kier alpha value is -4.06. The molecule has 0 bridgehead atoms. The number of nitrogens with zero attached hydrogens (tertiary/aromatic N) is 7. The van der Waals surface area contributed by atoms with Crippen molar-refractivity contribution in [2.24, 2.45) is 0 Å². The Morgan fingerprint density at radius 1 is 1.25 bits per heavy atom. The van der Waals surface area contributed by atoms with Crippen LogP contribution in [0.1, 0.15) is 46.9 Å². The first-order valence-electron chi connectivity index (χ1n) is 10.3. The predicted molar refractivity (Wildman–Crippen MR) is 117 cm³/mol. The third kappa shape index (κ3) is 4.07. The third-order valence-electron chi connectivity index (χ3n) is 5.60. The Kier molecular flexibility index (Phi) is 5.94. The van der Waals surface area contributed by atoms with Gasteiger partial charge in [-0.05, 0) is 51.0 Å². The smallest absolute Gasteiger partial charge is 0.258 e. The van der Waals surface area contributed by atoms with Crippen LogP contribution in [0.5, 0.6) is 5.88 Å². The minimum absolute atomic E-state index is 0.0272. The van der Waals surface area contributed by atoms with E-state index in [4.69, 9.17) is 4.74 Å². The molecule has 0 aromatic carbocycles. The predicted octanol–water partition coefficient (Wildman–Crippen LogP) is 2.95. The fourth-order valence-corrected chi connectivity index (χ4v) is 3.74. The quantitative estimate of drug-likeness (QED) is 0.613. The Bertz CT molecular complexity index is 1180. The number of rotatable bonds is 5. The molecule has 1 amide bonds. The van der Waals surface area contributed by atoms with Gasteiger partial charge in [0, 0.05) is 17.8 Å². The van der Waals surface area contributed by atoms with Crippen molar-refractivity contribution < 1.29 is 9.53 Å². The first-order chi connectivity index (χ1) is 15.5. The van der Waals surface area contributed by atoms with E-state index in [2.05, 4.69) is 32.8 Å². The lowest BCUT2D eigenvalue weighted by atomic mass is 10.00. The molecular weight excluding hydrogens is 406 g/mol. The van der Waals surface area contributed by atoms with Gasteiger partial charge in [-0.3, -0.25) is 4.79 Å². The second-order valence-electron chi connectivity index (χ2n) is 7.65. The van der Waals surface area contributed by atoms with Crippen molar-refractivity contribution in [2.75, 3.05) is 6.54 Å². The summed E-state index contributed by atoms with van der Waals surface area (Å²) in [5.74, 6) is 0.609. The molecule has 9 nitrogen and oxygen atoms in total. The zero-order chi connectivity index (χ0) is 22.7. The molecule has 3 aromatic rings. The minimum Gasteiger partial charge on any atom is -0.472 e. The number of nitriles is 1. The lowest BCUT2D eigenvalue weighted by Crippen LogP contribution is -2.49. The molecule has 3 aromatic heterocycles. The Labute approximate surface area is 186 Å². The summed E-state index contributed by atoms with van der Waals surface area (Å²) in [6, 6.07) is 7.30. The normalized spacial score (nSPS) is 18.1. The maximum absolute atomic E-state index is 13.6. The molecule has 2 unspecified atom stereocenters. The lowest BCUT2D eigenvalue weighted by molar-refractivity contribution is 0.0370. The molecule has 1 aliphatic rings. The molecule has 2 atom stereocenters.